The van der Waals surface area contributed by atoms with Gasteiger partial charge in [0.1, 0.15) is 5.82 Å². The van der Waals surface area contributed by atoms with Gasteiger partial charge < -0.3 is 0 Å². The quantitative estimate of drug-likeness (QED) is 0.262. The van der Waals surface area contributed by atoms with Crippen LogP contribution in [-0.2, 0) is 6.42 Å². The van der Waals surface area contributed by atoms with Crippen LogP contribution in [0.15, 0.2) is 43.0 Å². The van der Waals surface area contributed by atoms with Crippen molar-refractivity contribution in [3.8, 4) is 0 Å². The van der Waals surface area contributed by atoms with Crippen molar-refractivity contribution in [2.45, 2.75) is 32.6 Å². The molecule has 23 heavy (non-hydrogen) atoms. The Kier molecular flexibility index (Phi) is 8.09. The van der Waals surface area contributed by atoms with Gasteiger partial charge in [-0.25, -0.2) is 17.6 Å². The first-order valence-corrected chi connectivity index (χ1v) is 7.49. The van der Waals surface area contributed by atoms with Gasteiger partial charge in [-0.1, -0.05) is 56.7 Å². The highest BCUT2D eigenvalue weighted by molar-refractivity contribution is 5.47. The van der Waals surface area contributed by atoms with Gasteiger partial charge >= 0.3 is 0 Å². The summed E-state index contributed by atoms with van der Waals surface area (Å²) in [5.41, 5.74) is 2.65. The summed E-state index contributed by atoms with van der Waals surface area (Å²) in [6.45, 7) is 5.97. The van der Waals surface area contributed by atoms with E-state index in [2.05, 4.69) is 37.8 Å². The van der Waals surface area contributed by atoms with Crippen molar-refractivity contribution in [3.05, 3.63) is 77.4 Å². The smallest absolute Gasteiger partial charge is 0.194 e. The molecule has 0 saturated carbocycles. The number of unbranched alkanes of at least 4 members (excludes halogenated alkanes) is 2. The van der Waals surface area contributed by atoms with Crippen LogP contribution in [-0.4, -0.2) is 0 Å². The Hall–Kier alpha value is -2.10. The van der Waals surface area contributed by atoms with Gasteiger partial charge in [0.15, 0.2) is 17.5 Å². The Labute approximate surface area is 134 Å². The van der Waals surface area contributed by atoms with Crippen LogP contribution in [0.2, 0.25) is 0 Å². The van der Waals surface area contributed by atoms with Gasteiger partial charge in [0.05, 0.1) is 0 Å². The fraction of sp³-hybridized carbons (Fsp3) is 0.263. The molecule has 2 aromatic rings. The van der Waals surface area contributed by atoms with Gasteiger partial charge in [-0.05, 0) is 24.0 Å². The molecule has 0 radical (unpaired) electrons. The fourth-order valence-corrected chi connectivity index (χ4v) is 1.92. The predicted octanol–water partition coefficient (Wildman–Crippen LogP) is 6.31. The summed E-state index contributed by atoms with van der Waals surface area (Å²) >= 11 is 0. The molecule has 0 atom stereocenters. The molecule has 0 nitrogen and oxygen atoms in total. The minimum Gasteiger partial charge on any atom is -0.207 e. The average Bonchev–Trinajstić information content (AvgIpc) is 2.54. The molecule has 4 heteroatoms. The number of hydrogen-bond donors (Lipinski definition) is 0. The van der Waals surface area contributed by atoms with Crippen molar-refractivity contribution in [1.29, 1.82) is 0 Å². The summed E-state index contributed by atoms with van der Waals surface area (Å²) < 4.78 is 47.9. The molecule has 0 heterocycles. The van der Waals surface area contributed by atoms with Crippen molar-refractivity contribution in [1.82, 2.24) is 0 Å². The minimum absolute atomic E-state index is 0.276. The van der Waals surface area contributed by atoms with E-state index in [1.165, 1.54) is 36.8 Å². The number of hydrogen-bond acceptors (Lipinski definition) is 0. The zero-order valence-electron chi connectivity index (χ0n) is 13.1. The maximum atomic E-state index is 12.0. The molecule has 0 unspecified atom stereocenters. The van der Waals surface area contributed by atoms with Gasteiger partial charge in [0.2, 0.25) is 0 Å². The second-order valence-electron chi connectivity index (χ2n) is 5.09. The van der Waals surface area contributed by atoms with E-state index in [0.717, 1.165) is 0 Å². The summed E-state index contributed by atoms with van der Waals surface area (Å²) in [4.78, 5) is 0. The molecule has 0 fully saturated rings. The lowest BCUT2D eigenvalue weighted by Gasteiger charge is -2.00. The monoisotopic (exact) mass is 324 g/mol. The summed E-state index contributed by atoms with van der Waals surface area (Å²) in [5.74, 6) is -5.81. The van der Waals surface area contributed by atoms with E-state index < -0.39 is 23.3 Å². The summed E-state index contributed by atoms with van der Waals surface area (Å²) in [7, 11) is 0. The Morgan fingerprint density at radius 1 is 0.913 bits per heavy atom. The topological polar surface area (TPSA) is 0 Å². The van der Waals surface area contributed by atoms with Crippen LogP contribution in [0.25, 0.3) is 6.08 Å². The SMILES string of the molecule is C=Cc1ccc(CCCCC)cc1.Fc1cc(F)c(F)c(F)c1. The van der Waals surface area contributed by atoms with Crippen molar-refractivity contribution < 1.29 is 17.6 Å². The normalized spacial score (nSPS) is 9.96. The van der Waals surface area contributed by atoms with Crippen molar-refractivity contribution >= 4 is 6.08 Å². The average molecular weight is 324 g/mol. The molecule has 2 rings (SSSR count). The van der Waals surface area contributed by atoms with Crippen molar-refractivity contribution in [2.75, 3.05) is 0 Å². The van der Waals surface area contributed by atoms with Gasteiger partial charge in [0, 0.05) is 12.1 Å². The standard InChI is InChI=1S/C13H18.C6H2F4/c1-3-5-6-7-13-10-8-12(4-2)9-11-13;7-3-1-4(8)6(10)5(9)2-3/h4,8-11H,2-3,5-7H2,1H3;1-2H. The van der Waals surface area contributed by atoms with Gasteiger partial charge in [-0.2, -0.15) is 0 Å². The second kappa shape index (κ2) is 9.82. The van der Waals surface area contributed by atoms with E-state index in [4.69, 9.17) is 0 Å². The van der Waals surface area contributed by atoms with E-state index in [9.17, 15) is 17.6 Å². The molecule has 0 saturated heterocycles. The van der Waals surface area contributed by atoms with E-state index >= 15 is 0 Å². The number of rotatable bonds is 5. The first kappa shape index (κ1) is 18.9. The molecule has 0 aliphatic heterocycles. The minimum atomic E-state index is -1.65. The van der Waals surface area contributed by atoms with Gasteiger partial charge in [-0.3, -0.25) is 0 Å². The Balaban J connectivity index is 0.000000238. The van der Waals surface area contributed by atoms with E-state index in [-0.39, 0.29) is 12.1 Å². The molecule has 0 amide bonds. The maximum absolute atomic E-state index is 12.0. The first-order chi connectivity index (χ1) is 11.0. The number of halogens is 4. The summed E-state index contributed by atoms with van der Waals surface area (Å²) in [6, 6.07) is 9.22. The van der Waals surface area contributed by atoms with Crippen LogP contribution in [0.4, 0.5) is 17.6 Å². The highest BCUT2D eigenvalue weighted by Gasteiger charge is 2.09. The first-order valence-electron chi connectivity index (χ1n) is 7.49. The van der Waals surface area contributed by atoms with E-state index in [1.807, 2.05) is 6.08 Å². The van der Waals surface area contributed by atoms with Crippen LogP contribution in [0.1, 0.15) is 37.3 Å². The van der Waals surface area contributed by atoms with Crippen LogP contribution >= 0.6 is 0 Å². The molecule has 0 spiro atoms. The number of aryl methyl sites for hydroxylation is 1. The van der Waals surface area contributed by atoms with Crippen LogP contribution in [0, 0.1) is 23.3 Å². The van der Waals surface area contributed by atoms with Crippen LogP contribution in [0.3, 0.4) is 0 Å². The molecule has 124 valence electrons. The largest absolute Gasteiger partial charge is 0.207 e. The lowest BCUT2D eigenvalue weighted by molar-refractivity contribution is 0.434. The maximum Gasteiger partial charge on any atom is 0.194 e. The Morgan fingerprint density at radius 2 is 1.48 bits per heavy atom. The third kappa shape index (κ3) is 6.68. The predicted molar refractivity (Wildman–Crippen MR) is 86.0 cm³/mol. The molecule has 2 aromatic carbocycles. The van der Waals surface area contributed by atoms with E-state index in [1.54, 1.807) is 0 Å². The molecule has 0 N–H and O–H groups in total. The Morgan fingerprint density at radius 3 is 1.96 bits per heavy atom. The fourth-order valence-electron chi connectivity index (χ4n) is 1.92. The van der Waals surface area contributed by atoms with Gasteiger partial charge in [-0.15, -0.1) is 0 Å². The zero-order valence-corrected chi connectivity index (χ0v) is 13.1. The molecule has 0 aliphatic carbocycles. The highest BCUT2D eigenvalue weighted by atomic mass is 19.2. The zero-order chi connectivity index (χ0) is 17.2. The molecule has 0 aromatic heterocycles. The Bertz CT molecular complexity index is 595. The van der Waals surface area contributed by atoms with Gasteiger partial charge in [0.25, 0.3) is 0 Å². The molecule has 0 bridgehead atoms. The molecule has 0 aliphatic rings. The third-order valence-electron chi connectivity index (χ3n) is 3.23. The second-order valence-corrected chi connectivity index (χ2v) is 5.09. The molecular weight excluding hydrogens is 304 g/mol. The third-order valence-corrected chi connectivity index (χ3v) is 3.23. The molecular formula is C19H20F4. The lowest BCUT2D eigenvalue weighted by Crippen LogP contribution is -1.91. The van der Waals surface area contributed by atoms with E-state index in [0.29, 0.717) is 0 Å². The lowest BCUT2D eigenvalue weighted by atomic mass is 10.1. The highest BCUT2D eigenvalue weighted by Crippen LogP contribution is 2.11. The summed E-state index contributed by atoms with van der Waals surface area (Å²) in [5, 5.41) is 0. The van der Waals surface area contributed by atoms with Crippen molar-refractivity contribution in [2.24, 2.45) is 0 Å². The van der Waals surface area contributed by atoms with Crippen LogP contribution in [0.5, 0.6) is 0 Å². The number of benzene rings is 2. The summed E-state index contributed by atoms with van der Waals surface area (Å²) in [6.07, 6.45) is 7.04. The van der Waals surface area contributed by atoms with Crippen molar-refractivity contribution in [3.63, 3.8) is 0 Å². The van der Waals surface area contributed by atoms with Crippen LogP contribution < -0.4 is 0 Å².